The molecule has 0 saturated carbocycles. The van der Waals surface area contributed by atoms with E-state index in [1.807, 2.05) is 18.2 Å². The molecule has 3 aromatic heterocycles. The third-order valence-electron chi connectivity index (χ3n) is 4.82. The van der Waals surface area contributed by atoms with E-state index < -0.39 is 15.3 Å². The molecule has 0 radical (unpaired) electrons. The summed E-state index contributed by atoms with van der Waals surface area (Å²) in [4.78, 5) is 73.0. The van der Waals surface area contributed by atoms with Crippen molar-refractivity contribution in [3.63, 3.8) is 0 Å². The van der Waals surface area contributed by atoms with Crippen molar-refractivity contribution in [3.8, 4) is 22.8 Å². The molecule has 59 heavy (non-hydrogen) atoms. The number of aromatic amines is 2. The van der Waals surface area contributed by atoms with E-state index in [9.17, 15) is 19.2 Å². The molecule has 3 heterocycles. The van der Waals surface area contributed by atoms with Gasteiger partial charge in [0.15, 0.2) is 0 Å². The molecule has 0 atom stereocenters. The van der Waals surface area contributed by atoms with Crippen molar-refractivity contribution in [3.05, 3.63) is 87.7 Å². The molecular weight excluding hydrogens is 924 g/mol. The van der Waals surface area contributed by atoms with Crippen molar-refractivity contribution < 1.29 is 83.8 Å². The van der Waals surface area contributed by atoms with Crippen LogP contribution in [0.1, 0.15) is 52.9 Å². The van der Waals surface area contributed by atoms with Crippen molar-refractivity contribution in [1.29, 1.82) is 0 Å². The zero-order valence-electron chi connectivity index (χ0n) is 35.8. The maximum Gasteiger partial charge on any atom is 3.00 e. The Morgan fingerprint density at radius 3 is 0.898 bits per heavy atom. The van der Waals surface area contributed by atoms with Gasteiger partial charge in [-0.05, 0) is 47.9 Å². The number of carbonyl (C=O) groups is 4. The Balaban J connectivity index is -0.000000173. The van der Waals surface area contributed by atoms with Crippen LogP contribution >= 0.6 is 0 Å². The average Bonchev–Trinajstić information content (AvgIpc) is 3.73. The van der Waals surface area contributed by atoms with Gasteiger partial charge in [0.2, 0.25) is 25.6 Å². The second-order valence-electron chi connectivity index (χ2n) is 14.4. The predicted octanol–water partition coefficient (Wildman–Crippen LogP) is 3.14. The first kappa shape index (κ1) is 65.5. The van der Waals surface area contributed by atoms with Crippen molar-refractivity contribution in [2.24, 2.45) is 10.8 Å². The molecule has 0 bridgehead atoms. The largest absolute Gasteiger partial charge is 3.00 e. The van der Waals surface area contributed by atoms with Crippen LogP contribution in [0.25, 0.3) is 22.8 Å². The number of hydrogen-bond donors (Lipinski definition) is 2. The Kier molecular flexibility index (Phi) is 41.0. The summed E-state index contributed by atoms with van der Waals surface area (Å²) in [5.74, 6) is 0. The van der Waals surface area contributed by atoms with E-state index in [4.69, 9.17) is 50.9 Å². The summed E-state index contributed by atoms with van der Waals surface area (Å²) in [6.07, 6.45) is 4.91. The molecule has 2 N–H and O–H groups in total. The van der Waals surface area contributed by atoms with E-state index in [1.54, 1.807) is 56.4 Å². The molecule has 3 rings (SSSR count). The number of aromatic nitrogens is 5. The summed E-state index contributed by atoms with van der Waals surface area (Å²) in [7, 11) is 13.5. The Bertz CT molecular complexity index is 1430. The quantitative estimate of drug-likeness (QED) is 0.186. The summed E-state index contributed by atoms with van der Waals surface area (Å²) in [5, 5.41) is 59.4. The Hall–Kier alpha value is -5.37. The second-order valence-corrected chi connectivity index (χ2v) is 14.4. The number of hydrogen-bond acceptors (Lipinski definition) is 16. The fraction of sp³-hybridized carbons (Fsp3) is 0.545. The van der Waals surface area contributed by atoms with Crippen molar-refractivity contribution in [2.45, 2.75) is 54.4 Å². The number of carbonyl (C=O) groups excluding carboxylic acids is 4. The summed E-state index contributed by atoms with van der Waals surface area (Å²) in [5.41, 5.74) is 6.17. The smallest absolute Gasteiger partial charge is 0.356 e. The summed E-state index contributed by atoms with van der Waals surface area (Å²) < 4.78 is 0. The Morgan fingerprint density at radius 1 is 0.525 bits per heavy atom. The molecule has 4 amide bonds. The van der Waals surface area contributed by atoms with E-state index in [0.29, 0.717) is 0 Å². The SMILES string of the molecule is CC(C)(C)Cc1cc(-c2cccc(-c3cc(CC(C)(C)C)[nH]n3)n2)n[nH]1.CN(C)C=O.CN(C)C=O.CN(C)C=O.CN(C)C=O.O=[N+]([O-])[O-].O=[N+]([O-])[O-].O=[N+]([O-])[O-].[Eu+3]. The van der Waals surface area contributed by atoms with Crippen LogP contribution in [0.5, 0.6) is 0 Å². The zero-order chi connectivity index (χ0) is 46.8. The number of rotatable bonds is 8. The number of nitrogens with zero attached hydrogens (tertiary/aromatic N) is 10. The maximum absolute atomic E-state index is 9.43. The summed E-state index contributed by atoms with van der Waals surface area (Å²) >= 11 is 0. The van der Waals surface area contributed by atoms with Gasteiger partial charge in [-0.25, -0.2) is 4.98 Å². The van der Waals surface area contributed by atoms with Crippen LogP contribution in [0.15, 0.2) is 30.3 Å². The van der Waals surface area contributed by atoms with Gasteiger partial charge in [0.25, 0.3) is 0 Å². The molecule has 0 aliphatic heterocycles. The topological polar surface area (TPSA) is 350 Å². The van der Waals surface area contributed by atoms with Crippen LogP contribution in [-0.4, -0.2) is 142 Å². The van der Waals surface area contributed by atoms with Crippen LogP contribution in [0.4, 0.5) is 0 Å². The average molecular weight is 982 g/mol. The number of H-pyrrole nitrogens is 2. The number of amides is 4. The molecular formula is C33H57EuN12O13. The monoisotopic (exact) mass is 982 g/mol. The fourth-order valence-electron chi connectivity index (χ4n) is 3.03. The molecule has 0 aliphatic carbocycles. The Morgan fingerprint density at radius 2 is 0.729 bits per heavy atom. The van der Waals surface area contributed by atoms with Gasteiger partial charge in [-0.3, -0.25) is 29.4 Å². The van der Waals surface area contributed by atoms with Crippen LogP contribution in [0.3, 0.4) is 0 Å². The third-order valence-corrected chi connectivity index (χ3v) is 4.82. The van der Waals surface area contributed by atoms with Crippen molar-refractivity contribution in [1.82, 2.24) is 45.0 Å². The van der Waals surface area contributed by atoms with Crippen LogP contribution < -0.4 is 0 Å². The molecule has 0 saturated heterocycles. The Labute approximate surface area is 384 Å². The van der Waals surface area contributed by atoms with E-state index >= 15 is 0 Å². The normalized spacial score (nSPS) is 9.05. The minimum absolute atomic E-state index is 0. The second kappa shape index (κ2) is 36.9. The van der Waals surface area contributed by atoms with Gasteiger partial charge in [-0.2, -0.15) is 10.2 Å². The van der Waals surface area contributed by atoms with Gasteiger partial charge in [0.1, 0.15) is 11.4 Å². The maximum atomic E-state index is 9.43. The minimum atomic E-state index is -1.75. The molecule has 25 nitrogen and oxygen atoms in total. The van der Waals surface area contributed by atoms with Gasteiger partial charge < -0.3 is 65.6 Å². The molecule has 0 aromatic carbocycles. The van der Waals surface area contributed by atoms with Crippen LogP contribution in [-0.2, 0) is 32.0 Å². The van der Waals surface area contributed by atoms with E-state index in [-0.39, 0.29) is 60.2 Å². The predicted molar refractivity (Wildman–Crippen MR) is 216 cm³/mol. The number of pyridine rings is 1. The van der Waals surface area contributed by atoms with Gasteiger partial charge >= 0.3 is 49.4 Å². The first-order chi connectivity index (χ1) is 26.4. The molecule has 0 aliphatic rings. The van der Waals surface area contributed by atoms with Gasteiger partial charge in [-0.1, -0.05) is 47.6 Å². The van der Waals surface area contributed by atoms with Crippen LogP contribution in [0.2, 0.25) is 0 Å². The van der Waals surface area contributed by atoms with E-state index in [2.05, 4.69) is 74.1 Å². The first-order valence-electron chi connectivity index (χ1n) is 16.4. The third kappa shape index (κ3) is 57.1. The molecule has 334 valence electrons. The number of nitrogens with one attached hydrogen (secondary N) is 2. The molecule has 0 spiro atoms. The first-order valence-corrected chi connectivity index (χ1v) is 16.4. The fourth-order valence-corrected chi connectivity index (χ4v) is 3.03. The molecule has 3 aromatic rings. The van der Waals surface area contributed by atoms with E-state index in [1.165, 1.54) is 19.6 Å². The van der Waals surface area contributed by atoms with Gasteiger partial charge in [0.05, 0.1) is 26.6 Å². The zero-order valence-corrected chi connectivity index (χ0v) is 38.2. The molecule has 26 heteroatoms. The standard InChI is InChI=1S/C21H29N5.4C3H7NO.Eu.3NO3/c1-20(2,3)12-14-10-18(25-23-14)16-8-7-9-17(22-16)19-11-15(24-26-19)13-21(4,5)6;4*1-4(2)3-5;;3*2-1(3)4/h7-11H,12-13H2,1-6H3,(H,23,25)(H,24,26);4*3H,1-2H3;;;;/q;;;;;+3;3*-1. The van der Waals surface area contributed by atoms with Gasteiger partial charge in [-0.15, -0.1) is 0 Å². The van der Waals surface area contributed by atoms with Crippen LogP contribution in [0, 0.1) is 106 Å². The van der Waals surface area contributed by atoms with Gasteiger partial charge in [0, 0.05) is 67.8 Å². The van der Waals surface area contributed by atoms with Crippen molar-refractivity contribution >= 4 is 25.6 Å². The molecule has 0 fully saturated rings. The summed E-state index contributed by atoms with van der Waals surface area (Å²) in [6.45, 7) is 13.3. The summed E-state index contributed by atoms with van der Waals surface area (Å²) in [6, 6.07) is 10.2. The van der Waals surface area contributed by atoms with Crippen molar-refractivity contribution in [2.75, 3.05) is 56.4 Å². The molecule has 0 unspecified atom stereocenters. The van der Waals surface area contributed by atoms with E-state index in [0.717, 1.165) is 72.6 Å². The minimum Gasteiger partial charge on any atom is -0.356 e.